The largest absolute Gasteiger partial charge is 0.493 e. The van der Waals surface area contributed by atoms with Crippen molar-refractivity contribution >= 4 is 5.91 Å². The van der Waals surface area contributed by atoms with E-state index < -0.39 is 0 Å². The molecule has 1 amide bonds. The summed E-state index contributed by atoms with van der Waals surface area (Å²) in [6, 6.07) is 17.7. The Bertz CT molecular complexity index is 919. The molecule has 0 radical (unpaired) electrons. The van der Waals surface area contributed by atoms with Crippen LogP contribution in [0, 0.1) is 12.8 Å². The van der Waals surface area contributed by atoms with Crippen LogP contribution in [0.1, 0.15) is 28.8 Å². The smallest absolute Gasteiger partial charge is 0.259 e. The fourth-order valence-electron chi connectivity index (χ4n) is 3.60. The lowest BCUT2D eigenvalue weighted by atomic mass is 9.98. The van der Waals surface area contributed by atoms with Gasteiger partial charge in [-0.3, -0.25) is 4.79 Å². The second-order valence-electron chi connectivity index (χ2n) is 7.33. The summed E-state index contributed by atoms with van der Waals surface area (Å²) in [5, 5.41) is 4.06. The van der Waals surface area contributed by atoms with Crippen LogP contribution in [0.25, 0.3) is 11.3 Å². The van der Waals surface area contributed by atoms with Gasteiger partial charge in [0, 0.05) is 24.6 Å². The number of rotatable bonds is 5. The Morgan fingerprint density at radius 1 is 1.18 bits per heavy atom. The van der Waals surface area contributed by atoms with E-state index in [9.17, 15) is 4.79 Å². The molecule has 1 saturated heterocycles. The van der Waals surface area contributed by atoms with Gasteiger partial charge < -0.3 is 14.2 Å². The van der Waals surface area contributed by atoms with E-state index in [1.54, 1.807) is 0 Å². The topological polar surface area (TPSA) is 55.6 Å². The van der Waals surface area contributed by atoms with E-state index in [-0.39, 0.29) is 5.91 Å². The van der Waals surface area contributed by atoms with E-state index in [0.717, 1.165) is 30.7 Å². The number of amides is 1. The first-order valence-electron chi connectivity index (χ1n) is 9.69. The molecule has 1 fully saturated rings. The van der Waals surface area contributed by atoms with E-state index in [1.165, 1.54) is 11.8 Å². The van der Waals surface area contributed by atoms with Crippen LogP contribution in [0.2, 0.25) is 0 Å². The summed E-state index contributed by atoms with van der Waals surface area (Å²) >= 11 is 0. The fourth-order valence-corrected chi connectivity index (χ4v) is 3.60. The Balaban J connectivity index is 1.41. The van der Waals surface area contributed by atoms with Gasteiger partial charge in [0.25, 0.3) is 5.91 Å². The van der Waals surface area contributed by atoms with Crippen molar-refractivity contribution in [3.63, 3.8) is 0 Å². The molecule has 1 aromatic heterocycles. The number of hydrogen-bond acceptors (Lipinski definition) is 4. The van der Waals surface area contributed by atoms with Gasteiger partial charge in [0.15, 0.2) is 0 Å². The zero-order valence-electron chi connectivity index (χ0n) is 16.0. The number of hydrogen-bond donors (Lipinski definition) is 0. The highest BCUT2D eigenvalue weighted by Crippen LogP contribution is 2.26. The average Bonchev–Trinajstić information content (AvgIpc) is 3.23. The molecule has 0 bridgehead atoms. The summed E-state index contributed by atoms with van der Waals surface area (Å²) in [7, 11) is 0. The van der Waals surface area contributed by atoms with Crippen LogP contribution >= 0.6 is 0 Å². The molecule has 144 valence electrons. The lowest BCUT2D eigenvalue weighted by Gasteiger charge is -2.32. The highest BCUT2D eigenvalue weighted by molar-refractivity contribution is 5.99. The number of carbonyl (C=O) groups excluding carboxylic acids is 1. The van der Waals surface area contributed by atoms with E-state index in [0.29, 0.717) is 30.3 Å². The van der Waals surface area contributed by atoms with Crippen LogP contribution in [0.4, 0.5) is 0 Å². The maximum Gasteiger partial charge on any atom is 0.259 e. The first kappa shape index (κ1) is 18.3. The molecule has 5 heteroatoms. The predicted octanol–water partition coefficient (Wildman–Crippen LogP) is 4.58. The summed E-state index contributed by atoms with van der Waals surface area (Å²) in [4.78, 5) is 15.0. The normalized spacial score (nSPS) is 16.8. The zero-order valence-corrected chi connectivity index (χ0v) is 16.0. The Morgan fingerprint density at radius 2 is 1.96 bits per heavy atom. The van der Waals surface area contributed by atoms with Gasteiger partial charge in [-0.2, -0.15) is 0 Å². The van der Waals surface area contributed by atoms with Gasteiger partial charge in [0.2, 0.25) is 0 Å². The molecule has 1 atom stereocenters. The van der Waals surface area contributed by atoms with Crippen LogP contribution in [0.3, 0.4) is 0 Å². The van der Waals surface area contributed by atoms with Crippen LogP contribution in [-0.2, 0) is 0 Å². The third-order valence-electron chi connectivity index (χ3n) is 5.16. The molecule has 1 aliphatic heterocycles. The van der Waals surface area contributed by atoms with E-state index in [2.05, 4.69) is 12.1 Å². The minimum Gasteiger partial charge on any atom is -0.493 e. The molecular formula is C23H24N2O3. The van der Waals surface area contributed by atoms with Crippen LogP contribution in [0.5, 0.6) is 5.75 Å². The molecule has 2 heterocycles. The molecule has 0 N–H and O–H groups in total. The summed E-state index contributed by atoms with van der Waals surface area (Å²) in [5.74, 6) is 1.17. The Morgan fingerprint density at radius 3 is 2.75 bits per heavy atom. The molecule has 2 aromatic carbocycles. The average molecular weight is 376 g/mol. The third-order valence-corrected chi connectivity index (χ3v) is 5.16. The fraction of sp³-hybridized carbons (Fsp3) is 0.304. The number of benzene rings is 2. The lowest BCUT2D eigenvalue weighted by Crippen LogP contribution is -2.41. The van der Waals surface area contributed by atoms with Crippen molar-refractivity contribution in [2.45, 2.75) is 19.8 Å². The Labute approximate surface area is 164 Å². The van der Waals surface area contributed by atoms with Gasteiger partial charge in [-0.05, 0) is 31.9 Å². The summed E-state index contributed by atoms with van der Waals surface area (Å²) in [6.07, 6.45) is 3.49. The molecule has 1 aliphatic rings. The Hall–Kier alpha value is -3.08. The number of aryl methyl sites for hydroxylation is 1. The lowest BCUT2D eigenvalue weighted by molar-refractivity contribution is 0.0633. The maximum atomic E-state index is 13.1. The zero-order chi connectivity index (χ0) is 19.3. The maximum absolute atomic E-state index is 13.1. The van der Waals surface area contributed by atoms with Crippen molar-refractivity contribution < 1.29 is 14.1 Å². The third kappa shape index (κ3) is 4.09. The van der Waals surface area contributed by atoms with Crippen molar-refractivity contribution in [2.75, 3.05) is 19.7 Å². The molecule has 5 nitrogen and oxygen atoms in total. The Kier molecular flexibility index (Phi) is 5.42. The highest BCUT2D eigenvalue weighted by atomic mass is 16.5. The first-order valence-corrected chi connectivity index (χ1v) is 9.69. The second-order valence-corrected chi connectivity index (χ2v) is 7.33. The van der Waals surface area contributed by atoms with Crippen molar-refractivity contribution in [1.82, 2.24) is 10.1 Å². The van der Waals surface area contributed by atoms with Gasteiger partial charge in [-0.25, -0.2) is 0 Å². The summed E-state index contributed by atoms with van der Waals surface area (Å²) < 4.78 is 11.1. The minimum absolute atomic E-state index is 0.0276. The SMILES string of the molecule is Cc1ccc(OC[C@@H]2CCCN(C(=O)c3conc3-c3ccccc3)C2)cc1. The molecular weight excluding hydrogens is 352 g/mol. The number of likely N-dealkylation sites (tertiary alicyclic amines) is 1. The van der Waals surface area contributed by atoms with Crippen molar-refractivity contribution in [1.29, 1.82) is 0 Å². The monoisotopic (exact) mass is 376 g/mol. The van der Waals surface area contributed by atoms with Crippen molar-refractivity contribution in [3.05, 3.63) is 72.0 Å². The van der Waals surface area contributed by atoms with Gasteiger partial charge in [0.05, 0.1) is 6.61 Å². The van der Waals surface area contributed by atoms with Crippen LogP contribution in [0.15, 0.2) is 65.4 Å². The predicted molar refractivity (Wildman–Crippen MR) is 107 cm³/mol. The van der Waals surface area contributed by atoms with Crippen molar-refractivity contribution in [3.8, 4) is 17.0 Å². The number of piperidine rings is 1. The van der Waals surface area contributed by atoms with Gasteiger partial charge >= 0.3 is 0 Å². The molecule has 0 spiro atoms. The van der Waals surface area contributed by atoms with E-state index in [4.69, 9.17) is 9.26 Å². The van der Waals surface area contributed by atoms with E-state index in [1.807, 2.05) is 59.5 Å². The van der Waals surface area contributed by atoms with E-state index >= 15 is 0 Å². The van der Waals surface area contributed by atoms with Gasteiger partial charge in [-0.15, -0.1) is 0 Å². The van der Waals surface area contributed by atoms with Crippen LogP contribution < -0.4 is 4.74 Å². The first-order chi connectivity index (χ1) is 13.7. The number of nitrogens with zero attached hydrogens (tertiary/aromatic N) is 2. The molecule has 3 aromatic rings. The number of aromatic nitrogens is 1. The highest BCUT2D eigenvalue weighted by Gasteiger charge is 2.28. The van der Waals surface area contributed by atoms with Gasteiger partial charge in [-0.1, -0.05) is 53.2 Å². The number of carbonyl (C=O) groups is 1. The van der Waals surface area contributed by atoms with Gasteiger partial charge in [0.1, 0.15) is 23.3 Å². The molecule has 0 saturated carbocycles. The second kappa shape index (κ2) is 8.30. The molecule has 0 unspecified atom stereocenters. The molecule has 28 heavy (non-hydrogen) atoms. The molecule has 4 rings (SSSR count). The molecule has 0 aliphatic carbocycles. The minimum atomic E-state index is -0.0276. The van der Waals surface area contributed by atoms with Crippen molar-refractivity contribution in [2.24, 2.45) is 5.92 Å². The summed E-state index contributed by atoms with van der Waals surface area (Å²) in [5.41, 5.74) is 3.22. The quantitative estimate of drug-likeness (QED) is 0.654. The number of ether oxygens (including phenoxy) is 1. The van der Waals surface area contributed by atoms with Crippen LogP contribution in [-0.4, -0.2) is 35.7 Å². The standard InChI is InChI=1S/C23H24N2O3/c1-17-9-11-20(12-10-17)27-15-18-6-5-13-25(14-18)23(26)21-16-28-24-22(21)19-7-3-2-4-8-19/h2-4,7-12,16,18H,5-6,13-15H2,1H3/t18-/m1/s1. The summed E-state index contributed by atoms with van der Waals surface area (Å²) in [6.45, 7) is 4.11.